The molecule has 4 aromatic rings. The first-order valence-electron chi connectivity index (χ1n) is 17.5. The van der Waals surface area contributed by atoms with Crippen LogP contribution in [0.3, 0.4) is 0 Å². The molecule has 4 rings (SSSR count). The first-order valence-corrected chi connectivity index (χ1v) is 17.5. The van der Waals surface area contributed by atoms with Gasteiger partial charge in [-0.15, -0.1) is 0 Å². The van der Waals surface area contributed by atoms with Crippen LogP contribution in [-0.4, -0.2) is 49.8 Å². The molecule has 10 nitrogen and oxygen atoms in total. The molecule has 4 aromatic carbocycles. The van der Waals surface area contributed by atoms with Gasteiger partial charge >= 0.3 is 36.2 Å². The number of esters is 4. The number of benzene rings is 4. The van der Waals surface area contributed by atoms with E-state index in [1.54, 1.807) is 26.0 Å². The van der Waals surface area contributed by atoms with E-state index in [-0.39, 0.29) is 49.1 Å². The number of aryl methyl sites for hydroxylation is 2. The Morgan fingerprint density at radius 2 is 0.847 bits per heavy atom. The van der Waals surface area contributed by atoms with Crippen LogP contribution in [0.25, 0.3) is 0 Å². The van der Waals surface area contributed by atoms with Gasteiger partial charge in [0, 0.05) is 11.1 Å². The van der Waals surface area contributed by atoms with Crippen LogP contribution in [0.15, 0.2) is 109 Å². The van der Waals surface area contributed by atoms with Crippen molar-refractivity contribution in [3.63, 3.8) is 0 Å². The predicted molar refractivity (Wildman–Crippen MR) is 200 cm³/mol. The van der Waals surface area contributed by atoms with Crippen LogP contribution < -0.4 is 18.9 Å². The Balaban J connectivity index is 1.45. The summed E-state index contributed by atoms with van der Waals surface area (Å²) in [5.74, 6) is -2.97. The number of carbonyl (C=O) groups is 4. The van der Waals surface area contributed by atoms with E-state index in [9.17, 15) is 45.5 Å². The van der Waals surface area contributed by atoms with Gasteiger partial charge in [-0.3, -0.25) is 9.59 Å². The highest BCUT2D eigenvalue weighted by Gasteiger charge is 2.72. The molecule has 0 aliphatic rings. The minimum atomic E-state index is -5.92. The van der Waals surface area contributed by atoms with Crippen molar-refractivity contribution >= 4 is 23.9 Å². The fourth-order valence-corrected chi connectivity index (χ4v) is 5.64. The van der Waals surface area contributed by atoms with E-state index in [0.717, 1.165) is 24.3 Å². The van der Waals surface area contributed by atoms with E-state index in [1.807, 2.05) is 0 Å². The lowest BCUT2D eigenvalue weighted by molar-refractivity contribution is -0.288. The molecule has 0 unspecified atom stereocenters. The number of rotatable bonds is 16. The van der Waals surface area contributed by atoms with E-state index >= 15 is 0 Å². The molecule has 0 N–H and O–H groups in total. The summed E-state index contributed by atoms with van der Waals surface area (Å²) in [5, 5.41) is 0. The molecular formula is C43H38F6O10. The predicted octanol–water partition coefficient (Wildman–Crippen LogP) is 8.92. The summed E-state index contributed by atoms with van der Waals surface area (Å²) in [5.41, 5.74) is -4.45. The van der Waals surface area contributed by atoms with E-state index in [2.05, 4.69) is 13.2 Å². The number of hydrogen-bond acceptors (Lipinski definition) is 10. The van der Waals surface area contributed by atoms with Crippen molar-refractivity contribution in [1.29, 1.82) is 0 Å². The fraction of sp³-hybridized carbons (Fsp3) is 0.256. The maximum Gasteiger partial charge on any atom is 0.411 e. The number of halogens is 6. The summed E-state index contributed by atoms with van der Waals surface area (Å²) >= 11 is 0. The molecule has 0 aliphatic carbocycles. The average molecular weight is 829 g/mol. The van der Waals surface area contributed by atoms with Gasteiger partial charge in [-0.2, -0.15) is 26.3 Å². The minimum absolute atomic E-state index is 0.184. The summed E-state index contributed by atoms with van der Waals surface area (Å²) in [6.07, 6.45) is -12.4. The first-order chi connectivity index (χ1) is 27.6. The van der Waals surface area contributed by atoms with Crippen LogP contribution in [-0.2, 0) is 46.9 Å². The summed E-state index contributed by atoms with van der Waals surface area (Å²) in [4.78, 5) is 48.5. The Morgan fingerprint density at radius 1 is 0.525 bits per heavy atom. The van der Waals surface area contributed by atoms with Crippen LogP contribution in [0.4, 0.5) is 26.3 Å². The van der Waals surface area contributed by atoms with Gasteiger partial charge in [0.1, 0.15) is 23.0 Å². The van der Waals surface area contributed by atoms with Gasteiger partial charge in [-0.05, 0) is 110 Å². The fourth-order valence-electron chi connectivity index (χ4n) is 5.64. The molecule has 16 heteroatoms. The second-order valence-electron chi connectivity index (χ2n) is 13.2. The van der Waals surface area contributed by atoms with Crippen LogP contribution in [0, 0.1) is 13.8 Å². The monoisotopic (exact) mass is 828 g/mol. The van der Waals surface area contributed by atoms with Gasteiger partial charge < -0.3 is 28.4 Å². The van der Waals surface area contributed by atoms with Crippen molar-refractivity contribution in [3.8, 4) is 23.0 Å². The third-order valence-corrected chi connectivity index (χ3v) is 8.71. The summed E-state index contributed by atoms with van der Waals surface area (Å²) in [7, 11) is 0. The Labute approximate surface area is 334 Å². The molecule has 0 bridgehead atoms. The number of ether oxygens (including phenoxy) is 6. The van der Waals surface area contributed by atoms with Gasteiger partial charge in [0.25, 0.3) is 0 Å². The Hall–Kier alpha value is -6.58. The molecule has 0 aromatic heterocycles. The van der Waals surface area contributed by atoms with Crippen molar-refractivity contribution in [2.75, 3.05) is 13.6 Å². The highest BCUT2D eigenvalue weighted by atomic mass is 19.4. The van der Waals surface area contributed by atoms with Gasteiger partial charge in [0.05, 0.1) is 12.8 Å². The zero-order chi connectivity index (χ0) is 43.7. The van der Waals surface area contributed by atoms with E-state index in [1.165, 1.54) is 38.1 Å². The minimum Gasteiger partial charge on any atom is -0.457 e. The Morgan fingerprint density at radius 3 is 1.14 bits per heavy atom. The van der Waals surface area contributed by atoms with Gasteiger partial charge in [0.2, 0.25) is 19.0 Å². The summed E-state index contributed by atoms with van der Waals surface area (Å²) in [6, 6.07) is 14.8. The normalized spacial score (nSPS) is 11.6. The topological polar surface area (TPSA) is 124 Å². The summed E-state index contributed by atoms with van der Waals surface area (Å²) < 4.78 is 120. The van der Waals surface area contributed by atoms with Crippen LogP contribution in [0.2, 0.25) is 0 Å². The Kier molecular flexibility index (Phi) is 14.4. The highest BCUT2D eigenvalue weighted by molar-refractivity contribution is 5.87. The molecule has 59 heavy (non-hydrogen) atoms. The molecular weight excluding hydrogens is 790 g/mol. The number of alkyl halides is 6. The molecule has 0 saturated carbocycles. The van der Waals surface area contributed by atoms with Crippen molar-refractivity contribution in [2.45, 2.75) is 58.3 Å². The molecule has 0 amide bonds. The third-order valence-electron chi connectivity index (χ3n) is 8.71. The second-order valence-corrected chi connectivity index (χ2v) is 13.2. The molecule has 0 aliphatic heterocycles. The van der Waals surface area contributed by atoms with E-state index in [0.29, 0.717) is 58.0 Å². The lowest BCUT2D eigenvalue weighted by Crippen LogP contribution is -2.54. The molecule has 0 fully saturated rings. The summed E-state index contributed by atoms with van der Waals surface area (Å²) in [6.45, 7) is 12.4. The van der Waals surface area contributed by atoms with Gasteiger partial charge in [0.15, 0.2) is 0 Å². The molecule has 312 valence electrons. The van der Waals surface area contributed by atoms with Crippen LogP contribution in [0.1, 0.15) is 47.2 Å². The maximum atomic E-state index is 14.8. The lowest BCUT2D eigenvalue weighted by atomic mass is 9.73. The van der Waals surface area contributed by atoms with Crippen molar-refractivity contribution in [1.82, 2.24) is 0 Å². The quantitative estimate of drug-likeness (QED) is 0.0356. The van der Waals surface area contributed by atoms with Gasteiger partial charge in [-0.1, -0.05) is 49.6 Å². The molecule has 0 saturated heterocycles. The molecule has 0 heterocycles. The number of hydrogen-bond donors (Lipinski definition) is 0. The zero-order valence-electron chi connectivity index (χ0n) is 32.2. The Bertz CT molecular complexity index is 2050. The standard InChI is InChI=1S/C43H38F6O10/c1-25(2)39(52)56-23-54-35-13-7-29(27(5)19-35)21-37(50)58-33-15-9-31(10-16-33)41(42(44,45)46,43(47,48)49)32-11-17-34(18-12-32)59-38(51)22-30-8-14-36(20-28(30)6)55-24-57-40(53)26(3)4/h7-20H,1,3,21-24H2,2,4-6H3. The van der Waals surface area contributed by atoms with E-state index in [4.69, 9.17) is 28.4 Å². The maximum absolute atomic E-state index is 14.8. The van der Waals surface area contributed by atoms with Crippen LogP contribution >= 0.6 is 0 Å². The smallest absolute Gasteiger partial charge is 0.411 e. The third kappa shape index (κ3) is 11.3. The zero-order valence-corrected chi connectivity index (χ0v) is 32.2. The van der Waals surface area contributed by atoms with Crippen molar-refractivity contribution in [3.05, 3.63) is 143 Å². The van der Waals surface area contributed by atoms with Crippen molar-refractivity contribution in [2.24, 2.45) is 0 Å². The number of carbonyl (C=O) groups excluding carboxylic acids is 4. The van der Waals surface area contributed by atoms with E-state index < -0.39 is 52.8 Å². The highest BCUT2D eigenvalue weighted by Crippen LogP contribution is 2.56. The first kappa shape index (κ1) is 45.1. The largest absolute Gasteiger partial charge is 0.457 e. The molecule has 0 radical (unpaired) electrons. The molecule has 0 spiro atoms. The van der Waals surface area contributed by atoms with Crippen molar-refractivity contribution < 1.29 is 73.9 Å². The second kappa shape index (κ2) is 18.8. The average Bonchev–Trinajstić information content (AvgIpc) is 3.14. The lowest BCUT2D eigenvalue weighted by Gasteiger charge is -2.38. The van der Waals surface area contributed by atoms with Crippen LogP contribution in [0.5, 0.6) is 23.0 Å². The SMILES string of the molecule is C=C(C)C(=O)OCOc1ccc(CC(=O)Oc2ccc(C(c3ccc(OC(=O)Cc4ccc(OCOC(=O)C(=C)C)cc4C)cc3)(C(F)(F)F)C(F)(F)F)cc2)c(C)c1. The molecule has 0 atom stereocenters. The van der Waals surface area contributed by atoms with Gasteiger partial charge in [-0.25, -0.2) is 9.59 Å².